The maximum absolute atomic E-state index is 11.1. The summed E-state index contributed by atoms with van der Waals surface area (Å²) in [5.74, 6) is -0.874. The highest BCUT2D eigenvalue weighted by atomic mass is 16.5. The van der Waals surface area contributed by atoms with Gasteiger partial charge in [0.2, 0.25) is 11.8 Å². The molecule has 0 saturated carbocycles. The fourth-order valence-electron chi connectivity index (χ4n) is 1.84. The first-order chi connectivity index (χ1) is 8.13. The van der Waals surface area contributed by atoms with Gasteiger partial charge in [0.05, 0.1) is 6.10 Å². The van der Waals surface area contributed by atoms with Crippen LogP contribution in [0.1, 0.15) is 19.3 Å². The highest BCUT2D eigenvalue weighted by Crippen LogP contribution is 2.17. The van der Waals surface area contributed by atoms with E-state index in [1.54, 1.807) is 7.11 Å². The monoisotopic (exact) mass is 244 g/mol. The number of ether oxygens (including phenoxy) is 1. The normalized spacial score (nSPS) is 19.2. The third-order valence-corrected chi connectivity index (χ3v) is 2.77. The molecule has 1 saturated heterocycles. The van der Waals surface area contributed by atoms with E-state index in [1.807, 2.05) is 0 Å². The minimum absolute atomic E-state index is 0.215. The fraction of sp³-hybridized carbons (Fsp3) is 0.818. The first kappa shape index (κ1) is 14.1. The molecule has 3 N–H and O–H groups in total. The van der Waals surface area contributed by atoms with Crippen LogP contribution in [0.5, 0.6) is 0 Å². The number of hydrogen-bond acceptors (Lipinski definition) is 5. The summed E-state index contributed by atoms with van der Waals surface area (Å²) in [4.78, 5) is 22.2. The van der Waals surface area contributed by atoms with Gasteiger partial charge in [-0.2, -0.15) is 0 Å². The number of carbonyl (C=O) groups excluding carboxylic acids is 2. The summed E-state index contributed by atoms with van der Waals surface area (Å²) in [5.41, 5.74) is 0. The molecule has 2 amide bonds. The van der Waals surface area contributed by atoms with Crippen molar-refractivity contribution in [2.24, 2.45) is 5.92 Å². The van der Waals surface area contributed by atoms with Crippen LogP contribution in [-0.4, -0.2) is 49.8 Å². The lowest BCUT2D eigenvalue weighted by Gasteiger charge is -2.25. The summed E-state index contributed by atoms with van der Waals surface area (Å²) < 4.78 is 4.89. The zero-order valence-corrected chi connectivity index (χ0v) is 10.1. The highest BCUT2D eigenvalue weighted by molar-refractivity contribution is 5.97. The number of aliphatic hydroxyl groups excluding tert-OH is 1. The molecule has 0 spiro atoms. The van der Waals surface area contributed by atoms with E-state index in [2.05, 4.69) is 10.6 Å². The topological polar surface area (TPSA) is 87.7 Å². The molecule has 1 unspecified atom stereocenters. The molecule has 17 heavy (non-hydrogen) atoms. The van der Waals surface area contributed by atoms with E-state index in [-0.39, 0.29) is 30.6 Å². The molecule has 0 radical (unpaired) electrons. The molecule has 0 aromatic heterocycles. The lowest BCUT2D eigenvalue weighted by molar-refractivity contribution is -0.136. The third kappa shape index (κ3) is 5.25. The summed E-state index contributed by atoms with van der Waals surface area (Å²) in [6.07, 6.45) is 0.639. The Kier molecular flexibility index (Phi) is 6.10. The van der Waals surface area contributed by atoms with Gasteiger partial charge in [0, 0.05) is 39.0 Å². The number of methoxy groups -OCH3 is 1. The van der Waals surface area contributed by atoms with Crippen LogP contribution in [0.2, 0.25) is 0 Å². The van der Waals surface area contributed by atoms with Crippen molar-refractivity contribution in [1.29, 1.82) is 0 Å². The molecule has 1 rings (SSSR count). The quantitative estimate of drug-likeness (QED) is 0.396. The number of nitrogens with one attached hydrogen (secondary N) is 2. The summed E-state index contributed by atoms with van der Waals surface area (Å²) in [6, 6.07) is 0. The highest BCUT2D eigenvalue weighted by Gasteiger charge is 2.29. The molecule has 1 aliphatic rings. The second-order valence-electron chi connectivity index (χ2n) is 4.26. The molecule has 0 bridgehead atoms. The maximum Gasteiger partial charge on any atom is 0.226 e. The number of aliphatic hydroxyl groups is 1. The van der Waals surface area contributed by atoms with Gasteiger partial charge in [0.15, 0.2) is 0 Å². The zero-order valence-electron chi connectivity index (χ0n) is 10.1. The Balaban J connectivity index is 2.20. The van der Waals surface area contributed by atoms with Crippen molar-refractivity contribution in [3.63, 3.8) is 0 Å². The molecule has 1 aliphatic heterocycles. The number of rotatable bonds is 7. The number of hydrogen-bond donors (Lipinski definition) is 3. The van der Waals surface area contributed by atoms with Crippen LogP contribution in [0, 0.1) is 5.92 Å². The fourth-order valence-corrected chi connectivity index (χ4v) is 1.84. The van der Waals surface area contributed by atoms with Gasteiger partial charge in [0.25, 0.3) is 0 Å². The van der Waals surface area contributed by atoms with Gasteiger partial charge in [-0.15, -0.1) is 0 Å². The summed E-state index contributed by atoms with van der Waals surface area (Å²) in [5, 5.41) is 15.1. The van der Waals surface area contributed by atoms with Gasteiger partial charge < -0.3 is 15.2 Å². The minimum atomic E-state index is -0.660. The lowest BCUT2D eigenvalue weighted by atomic mass is 9.91. The van der Waals surface area contributed by atoms with E-state index in [4.69, 9.17) is 4.74 Å². The Bertz CT molecular complexity index is 254. The van der Waals surface area contributed by atoms with Crippen LogP contribution in [0.4, 0.5) is 0 Å². The van der Waals surface area contributed by atoms with E-state index in [1.165, 1.54) is 0 Å². The first-order valence-corrected chi connectivity index (χ1v) is 5.84. The molecular formula is C11H20N2O4. The van der Waals surface area contributed by atoms with Crippen LogP contribution in [-0.2, 0) is 14.3 Å². The number of piperidine rings is 1. The Labute approximate surface area is 101 Å². The SMILES string of the molecule is COCCCNCC(O)C1CC(=O)NC(=O)C1. The van der Waals surface area contributed by atoms with E-state index < -0.39 is 6.10 Å². The lowest BCUT2D eigenvalue weighted by Crippen LogP contribution is -2.44. The standard InChI is InChI=1S/C11H20N2O4/c1-17-4-2-3-12-7-9(14)8-5-10(15)13-11(16)6-8/h8-9,12,14H,2-7H2,1H3,(H,13,15,16). The van der Waals surface area contributed by atoms with Crippen LogP contribution >= 0.6 is 0 Å². The average Bonchev–Trinajstić information content (AvgIpc) is 2.27. The van der Waals surface area contributed by atoms with E-state index in [0.717, 1.165) is 13.0 Å². The predicted octanol–water partition coefficient (Wildman–Crippen LogP) is -0.974. The second kappa shape index (κ2) is 7.37. The number of carbonyl (C=O) groups is 2. The van der Waals surface area contributed by atoms with E-state index in [0.29, 0.717) is 13.2 Å². The molecule has 1 atom stereocenters. The van der Waals surface area contributed by atoms with Crippen molar-refractivity contribution in [3.05, 3.63) is 0 Å². The van der Waals surface area contributed by atoms with Crippen molar-refractivity contribution >= 4 is 11.8 Å². The third-order valence-electron chi connectivity index (χ3n) is 2.77. The molecule has 6 heteroatoms. The Morgan fingerprint density at radius 1 is 1.47 bits per heavy atom. The van der Waals surface area contributed by atoms with E-state index in [9.17, 15) is 14.7 Å². The smallest absolute Gasteiger partial charge is 0.226 e. The molecule has 0 aromatic rings. The Morgan fingerprint density at radius 2 is 2.12 bits per heavy atom. The predicted molar refractivity (Wildman–Crippen MR) is 61.2 cm³/mol. The van der Waals surface area contributed by atoms with Gasteiger partial charge in [-0.25, -0.2) is 0 Å². The van der Waals surface area contributed by atoms with Crippen molar-refractivity contribution in [1.82, 2.24) is 10.6 Å². The first-order valence-electron chi connectivity index (χ1n) is 5.84. The van der Waals surface area contributed by atoms with Crippen molar-refractivity contribution in [3.8, 4) is 0 Å². The molecular weight excluding hydrogens is 224 g/mol. The molecule has 1 heterocycles. The van der Waals surface area contributed by atoms with Crippen LogP contribution < -0.4 is 10.6 Å². The minimum Gasteiger partial charge on any atom is -0.391 e. The Morgan fingerprint density at radius 3 is 2.71 bits per heavy atom. The Hall–Kier alpha value is -0.980. The summed E-state index contributed by atoms with van der Waals surface area (Å²) in [7, 11) is 1.64. The van der Waals surface area contributed by atoms with Gasteiger partial charge in [-0.3, -0.25) is 14.9 Å². The van der Waals surface area contributed by atoms with Gasteiger partial charge in [-0.05, 0) is 13.0 Å². The van der Waals surface area contributed by atoms with Gasteiger partial charge in [0.1, 0.15) is 0 Å². The van der Waals surface area contributed by atoms with Crippen LogP contribution in [0.3, 0.4) is 0 Å². The number of amides is 2. The molecule has 0 aliphatic carbocycles. The van der Waals surface area contributed by atoms with Crippen molar-refractivity contribution in [2.75, 3.05) is 26.8 Å². The van der Waals surface area contributed by atoms with Gasteiger partial charge in [-0.1, -0.05) is 0 Å². The maximum atomic E-state index is 11.1. The summed E-state index contributed by atoms with van der Waals surface area (Å²) in [6.45, 7) is 1.82. The molecule has 6 nitrogen and oxygen atoms in total. The molecule has 0 aromatic carbocycles. The number of imide groups is 1. The van der Waals surface area contributed by atoms with Crippen molar-refractivity contribution < 1.29 is 19.4 Å². The van der Waals surface area contributed by atoms with E-state index >= 15 is 0 Å². The largest absolute Gasteiger partial charge is 0.391 e. The summed E-state index contributed by atoms with van der Waals surface area (Å²) >= 11 is 0. The van der Waals surface area contributed by atoms with Gasteiger partial charge >= 0.3 is 0 Å². The average molecular weight is 244 g/mol. The zero-order chi connectivity index (χ0) is 12.7. The van der Waals surface area contributed by atoms with Crippen LogP contribution in [0.15, 0.2) is 0 Å². The molecule has 1 fully saturated rings. The van der Waals surface area contributed by atoms with Crippen molar-refractivity contribution in [2.45, 2.75) is 25.4 Å². The molecule has 98 valence electrons. The van der Waals surface area contributed by atoms with Crippen LogP contribution in [0.25, 0.3) is 0 Å². The second-order valence-corrected chi connectivity index (χ2v) is 4.26.